The van der Waals surface area contributed by atoms with Gasteiger partial charge >= 0.3 is 0 Å². The number of hydrogen-bond donors (Lipinski definition) is 2. The van der Waals surface area contributed by atoms with Crippen LogP contribution < -0.4 is 5.32 Å². The van der Waals surface area contributed by atoms with E-state index in [0.717, 1.165) is 6.07 Å². The van der Waals surface area contributed by atoms with Gasteiger partial charge in [-0.05, 0) is 40.2 Å². The molecule has 0 radical (unpaired) electrons. The molecule has 0 aliphatic carbocycles. The number of anilines is 1. The van der Waals surface area contributed by atoms with Gasteiger partial charge in [0.05, 0.1) is 16.3 Å². The van der Waals surface area contributed by atoms with E-state index in [1.165, 1.54) is 6.07 Å². The van der Waals surface area contributed by atoms with E-state index in [0.29, 0.717) is 20.6 Å². The van der Waals surface area contributed by atoms with Crippen LogP contribution in [-0.2, 0) is 0 Å². The van der Waals surface area contributed by atoms with E-state index in [4.69, 9.17) is 11.6 Å². The monoisotopic (exact) mass is 359 g/mol. The van der Waals surface area contributed by atoms with E-state index in [1.54, 1.807) is 24.3 Å². The molecule has 0 saturated heterocycles. The summed E-state index contributed by atoms with van der Waals surface area (Å²) in [6.45, 7) is 0. The maximum absolute atomic E-state index is 13.1. The van der Waals surface area contributed by atoms with Crippen molar-refractivity contribution in [2.24, 2.45) is 0 Å². The third-order valence-corrected chi connectivity index (χ3v) is 3.71. The van der Waals surface area contributed by atoms with Gasteiger partial charge in [-0.15, -0.1) is 12.6 Å². The van der Waals surface area contributed by atoms with Crippen molar-refractivity contribution in [2.45, 2.75) is 4.90 Å². The molecule has 2 rings (SSSR count). The molecule has 0 heterocycles. The minimum atomic E-state index is -0.482. The van der Waals surface area contributed by atoms with Gasteiger partial charge in [-0.1, -0.05) is 23.7 Å². The Labute approximate surface area is 128 Å². The van der Waals surface area contributed by atoms with Crippen molar-refractivity contribution in [3.05, 3.63) is 57.3 Å². The number of carbonyl (C=O) groups is 1. The lowest BCUT2D eigenvalue weighted by atomic mass is 10.2. The van der Waals surface area contributed by atoms with Crippen LogP contribution >= 0.6 is 40.2 Å². The third kappa shape index (κ3) is 3.29. The number of carbonyl (C=O) groups excluding carboxylic acids is 1. The van der Waals surface area contributed by atoms with Crippen LogP contribution in [0, 0.1) is 5.82 Å². The molecule has 2 aromatic rings. The molecule has 98 valence electrons. The smallest absolute Gasteiger partial charge is 0.256 e. The normalized spacial score (nSPS) is 10.3. The molecule has 0 spiro atoms. The fourth-order valence-corrected chi connectivity index (χ4v) is 2.67. The number of hydrogen-bond acceptors (Lipinski definition) is 2. The van der Waals surface area contributed by atoms with Crippen LogP contribution in [0.25, 0.3) is 0 Å². The molecule has 6 heteroatoms. The molecule has 2 nitrogen and oxygen atoms in total. The first-order valence-corrected chi connectivity index (χ1v) is 6.84. The van der Waals surface area contributed by atoms with E-state index < -0.39 is 5.82 Å². The van der Waals surface area contributed by atoms with Gasteiger partial charge in [0.1, 0.15) is 5.82 Å². The molecule has 0 bridgehead atoms. The van der Waals surface area contributed by atoms with Crippen molar-refractivity contribution in [1.82, 2.24) is 0 Å². The molecule has 0 atom stereocenters. The lowest BCUT2D eigenvalue weighted by Gasteiger charge is -2.10. The summed E-state index contributed by atoms with van der Waals surface area (Å²) in [7, 11) is 0. The van der Waals surface area contributed by atoms with Crippen molar-refractivity contribution < 1.29 is 9.18 Å². The molecular formula is C13H8BrClFNOS. The third-order valence-electron chi connectivity index (χ3n) is 2.39. The number of amides is 1. The molecule has 1 amide bonds. The number of nitrogens with one attached hydrogen (secondary N) is 1. The number of rotatable bonds is 2. The highest BCUT2D eigenvalue weighted by atomic mass is 79.9. The highest BCUT2D eigenvalue weighted by Crippen LogP contribution is 2.32. The molecule has 0 unspecified atom stereocenters. The van der Waals surface area contributed by atoms with E-state index in [2.05, 4.69) is 33.9 Å². The van der Waals surface area contributed by atoms with Crippen LogP contribution in [0.5, 0.6) is 0 Å². The predicted octanol–water partition coefficient (Wildman–Crippen LogP) is 4.78. The Morgan fingerprint density at radius 3 is 2.63 bits per heavy atom. The average Bonchev–Trinajstić information content (AvgIpc) is 2.34. The van der Waals surface area contributed by atoms with Crippen molar-refractivity contribution in [1.29, 1.82) is 0 Å². The summed E-state index contributed by atoms with van der Waals surface area (Å²) in [6, 6.07) is 9.22. The maximum atomic E-state index is 13.1. The standard InChI is InChI=1S/C13H8BrClFNOS/c14-9-5-7(16)6-10(15)12(9)17-13(18)8-3-1-2-4-11(8)19/h1-6,19H,(H,17,18). The van der Waals surface area contributed by atoms with Gasteiger partial charge in [-0.25, -0.2) is 4.39 Å². The van der Waals surface area contributed by atoms with Crippen LogP contribution in [-0.4, -0.2) is 5.91 Å². The summed E-state index contributed by atoms with van der Waals surface area (Å²) >= 11 is 13.3. The number of thiol groups is 1. The first-order chi connectivity index (χ1) is 8.99. The quantitative estimate of drug-likeness (QED) is 0.741. The molecule has 1 N–H and O–H groups in total. The summed E-state index contributed by atoms with van der Waals surface area (Å²) in [4.78, 5) is 12.6. The Morgan fingerprint density at radius 1 is 1.32 bits per heavy atom. The van der Waals surface area contributed by atoms with Crippen molar-refractivity contribution >= 4 is 51.8 Å². The van der Waals surface area contributed by atoms with Crippen molar-refractivity contribution in [3.63, 3.8) is 0 Å². The largest absolute Gasteiger partial charge is 0.320 e. The summed E-state index contributed by atoms with van der Waals surface area (Å²) < 4.78 is 13.5. The van der Waals surface area contributed by atoms with Crippen LogP contribution in [0.2, 0.25) is 5.02 Å². The van der Waals surface area contributed by atoms with Crippen LogP contribution in [0.4, 0.5) is 10.1 Å². The zero-order chi connectivity index (χ0) is 14.0. The van der Waals surface area contributed by atoms with Gasteiger partial charge in [0.15, 0.2) is 0 Å². The number of benzene rings is 2. The fourth-order valence-electron chi connectivity index (χ4n) is 1.51. The second-order valence-corrected chi connectivity index (χ2v) is 5.46. The molecule has 0 fully saturated rings. The Bertz CT molecular complexity index is 627. The molecular weight excluding hydrogens is 353 g/mol. The fraction of sp³-hybridized carbons (Fsp3) is 0. The Hall–Kier alpha value is -1.04. The second kappa shape index (κ2) is 5.94. The average molecular weight is 361 g/mol. The second-order valence-electron chi connectivity index (χ2n) is 3.72. The minimum absolute atomic E-state index is 0.122. The summed E-state index contributed by atoms with van der Waals surface area (Å²) in [5.74, 6) is -0.843. The zero-order valence-electron chi connectivity index (χ0n) is 9.45. The van der Waals surface area contributed by atoms with Gasteiger partial charge in [-0.3, -0.25) is 4.79 Å². The van der Waals surface area contributed by atoms with E-state index >= 15 is 0 Å². The maximum Gasteiger partial charge on any atom is 0.256 e. The van der Waals surface area contributed by atoms with E-state index in [-0.39, 0.29) is 10.9 Å². The topological polar surface area (TPSA) is 29.1 Å². The first-order valence-electron chi connectivity index (χ1n) is 5.23. The van der Waals surface area contributed by atoms with Gasteiger partial charge in [-0.2, -0.15) is 0 Å². The Morgan fingerprint density at radius 2 is 2.00 bits per heavy atom. The van der Waals surface area contributed by atoms with E-state index in [1.807, 2.05) is 0 Å². The molecule has 0 aliphatic rings. The van der Waals surface area contributed by atoms with Gasteiger partial charge in [0, 0.05) is 9.37 Å². The van der Waals surface area contributed by atoms with Crippen molar-refractivity contribution in [2.75, 3.05) is 5.32 Å². The molecule has 0 aromatic heterocycles. The Kier molecular flexibility index (Phi) is 4.50. The minimum Gasteiger partial charge on any atom is -0.320 e. The predicted molar refractivity (Wildman–Crippen MR) is 80.8 cm³/mol. The van der Waals surface area contributed by atoms with Crippen molar-refractivity contribution in [3.8, 4) is 0 Å². The summed E-state index contributed by atoms with van der Waals surface area (Å²) in [5, 5.41) is 2.75. The van der Waals surface area contributed by atoms with Gasteiger partial charge < -0.3 is 5.32 Å². The van der Waals surface area contributed by atoms with Crippen LogP contribution in [0.1, 0.15) is 10.4 Å². The molecule has 2 aromatic carbocycles. The lowest BCUT2D eigenvalue weighted by molar-refractivity contribution is 0.102. The lowest BCUT2D eigenvalue weighted by Crippen LogP contribution is -2.13. The zero-order valence-corrected chi connectivity index (χ0v) is 12.7. The SMILES string of the molecule is O=C(Nc1c(Cl)cc(F)cc1Br)c1ccccc1S. The highest BCUT2D eigenvalue weighted by Gasteiger charge is 2.14. The summed E-state index contributed by atoms with van der Waals surface area (Å²) in [6.07, 6.45) is 0. The van der Waals surface area contributed by atoms with Crippen LogP contribution in [0.15, 0.2) is 45.8 Å². The summed E-state index contributed by atoms with van der Waals surface area (Å²) in [5.41, 5.74) is 0.739. The Balaban J connectivity index is 2.32. The van der Waals surface area contributed by atoms with Crippen LogP contribution in [0.3, 0.4) is 0 Å². The molecule has 19 heavy (non-hydrogen) atoms. The molecule has 0 aliphatic heterocycles. The first kappa shape index (κ1) is 14.4. The molecule has 0 saturated carbocycles. The van der Waals surface area contributed by atoms with Gasteiger partial charge in [0.2, 0.25) is 0 Å². The van der Waals surface area contributed by atoms with Gasteiger partial charge in [0.25, 0.3) is 5.91 Å². The highest BCUT2D eigenvalue weighted by molar-refractivity contribution is 9.10. The number of halogens is 3. The van der Waals surface area contributed by atoms with E-state index in [9.17, 15) is 9.18 Å².